The zero-order valence-electron chi connectivity index (χ0n) is 10.0. The van der Waals surface area contributed by atoms with Gasteiger partial charge in [-0.25, -0.2) is 0 Å². The Bertz CT molecular complexity index is 408. The molecule has 1 amide bonds. The summed E-state index contributed by atoms with van der Waals surface area (Å²) in [5.74, 6) is 0.160. The van der Waals surface area contributed by atoms with Gasteiger partial charge in [0.05, 0.1) is 0 Å². The molecule has 0 radical (unpaired) electrons. The van der Waals surface area contributed by atoms with Gasteiger partial charge in [-0.3, -0.25) is 4.79 Å². The third kappa shape index (κ3) is 3.13. The maximum Gasteiger partial charge on any atom is 0.220 e. The average Bonchev–Trinajstić information content (AvgIpc) is 2.27. The first-order valence-corrected chi connectivity index (χ1v) is 6.32. The second-order valence-electron chi connectivity index (χ2n) is 4.37. The smallest absolute Gasteiger partial charge is 0.220 e. The maximum atomic E-state index is 11.2. The van der Waals surface area contributed by atoms with E-state index < -0.39 is 0 Å². The zero-order valence-corrected chi connectivity index (χ0v) is 10.8. The van der Waals surface area contributed by atoms with Crippen LogP contribution in [0.3, 0.4) is 0 Å². The number of benzene rings is 1. The molecule has 17 heavy (non-hydrogen) atoms. The fraction of sp³-hybridized carbons (Fsp3) is 0.462. The van der Waals surface area contributed by atoms with Crippen molar-refractivity contribution in [3.8, 4) is 0 Å². The monoisotopic (exact) mass is 252 g/mol. The van der Waals surface area contributed by atoms with E-state index in [1.54, 1.807) is 0 Å². The molecule has 0 bridgehead atoms. The molecule has 1 aliphatic heterocycles. The molecule has 2 rings (SSSR count). The number of halogens is 1. The highest BCUT2D eigenvalue weighted by molar-refractivity contribution is 6.30. The molecular formula is C13H17ClN2O. The number of amides is 1. The van der Waals surface area contributed by atoms with Gasteiger partial charge in [-0.2, -0.15) is 0 Å². The molecular weight excluding hydrogens is 236 g/mol. The Labute approximate surface area is 107 Å². The number of anilines is 1. The van der Waals surface area contributed by atoms with Gasteiger partial charge in [0.2, 0.25) is 5.91 Å². The van der Waals surface area contributed by atoms with Crippen LogP contribution in [0.2, 0.25) is 5.02 Å². The molecule has 0 unspecified atom stereocenters. The third-order valence-electron chi connectivity index (χ3n) is 3.05. The van der Waals surface area contributed by atoms with E-state index in [0.717, 1.165) is 24.5 Å². The van der Waals surface area contributed by atoms with Crippen LogP contribution in [-0.4, -0.2) is 25.5 Å². The Morgan fingerprint density at radius 3 is 3.00 bits per heavy atom. The molecule has 0 aliphatic carbocycles. The van der Waals surface area contributed by atoms with E-state index in [1.165, 1.54) is 11.3 Å². The average molecular weight is 253 g/mol. The maximum absolute atomic E-state index is 11.2. The van der Waals surface area contributed by atoms with Gasteiger partial charge in [-0.15, -0.1) is 0 Å². The van der Waals surface area contributed by atoms with Crippen molar-refractivity contribution in [1.29, 1.82) is 0 Å². The minimum atomic E-state index is 0.160. The van der Waals surface area contributed by atoms with Gasteiger partial charge in [0.15, 0.2) is 0 Å². The van der Waals surface area contributed by atoms with Crippen molar-refractivity contribution in [2.45, 2.75) is 19.8 Å². The molecule has 0 aromatic heterocycles. The topological polar surface area (TPSA) is 32.3 Å². The minimum Gasteiger partial charge on any atom is -0.369 e. The van der Waals surface area contributed by atoms with E-state index in [9.17, 15) is 4.79 Å². The van der Waals surface area contributed by atoms with Crippen molar-refractivity contribution in [2.24, 2.45) is 0 Å². The summed E-state index contributed by atoms with van der Waals surface area (Å²) >= 11 is 6.04. The van der Waals surface area contributed by atoms with Crippen LogP contribution >= 0.6 is 11.6 Å². The van der Waals surface area contributed by atoms with Crippen LogP contribution in [0, 0.1) is 6.92 Å². The molecule has 4 heteroatoms. The molecule has 0 atom stereocenters. The van der Waals surface area contributed by atoms with E-state index >= 15 is 0 Å². The number of hydrogen-bond acceptors (Lipinski definition) is 2. The lowest BCUT2D eigenvalue weighted by Crippen LogP contribution is -2.39. The third-order valence-corrected chi connectivity index (χ3v) is 3.28. The number of hydrogen-bond donors (Lipinski definition) is 1. The molecule has 1 N–H and O–H groups in total. The Morgan fingerprint density at radius 1 is 1.35 bits per heavy atom. The van der Waals surface area contributed by atoms with E-state index in [1.807, 2.05) is 18.2 Å². The van der Waals surface area contributed by atoms with Crippen LogP contribution in [0.4, 0.5) is 5.69 Å². The second kappa shape index (κ2) is 5.41. The first-order valence-electron chi connectivity index (χ1n) is 5.94. The molecule has 1 aromatic carbocycles. The van der Waals surface area contributed by atoms with Gasteiger partial charge in [0.25, 0.3) is 0 Å². The van der Waals surface area contributed by atoms with Gasteiger partial charge in [0.1, 0.15) is 0 Å². The zero-order chi connectivity index (χ0) is 12.3. The Morgan fingerprint density at radius 2 is 2.18 bits per heavy atom. The Kier molecular flexibility index (Phi) is 3.89. The normalized spacial score (nSPS) is 17.3. The summed E-state index contributed by atoms with van der Waals surface area (Å²) in [6.45, 7) is 4.54. The minimum absolute atomic E-state index is 0.160. The summed E-state index contributed by atoms with van der Waals surface area (Å²) in [5.41, 5.74) is 2.40. The number of nitrogens with one attached hydrogen (secondary N) is 1. The summed E-state index contributed by atoms with van der Waals surface area (Å²) in [5, 5.41) is 3.67. The molecule has 92 valence electrons. The lowest BCUT2D eigenvalue weighted by atomic mass is 10.1. The number of rotatable bonds is 1. The quantitative estimate of drug-likeness (QED) is 0.832. The van der Waals surface area contributed by atoms with Gasteiger partial charge in [0, 0.05) is 36.8 Å². The van der Waals surface area contributed by atoms with Crippen LogP contribution in [0.5, 0.6) is 0 Å². The van der Waals surface area contributed by atoms with Crippen molar-refractivity contribution in [1.82, 2.24) is 5.32 Å². The predicted molar refractivity (Wildman–Crippen MR) is 70.6 cm³/mol. The van der Waals surface area contributed by atoms with Crippen molar-refractivity contribution < 1.29 is 4.79 Å². The fourth-order valence-corrected chi connectivity index (χ4v) is 2.29. The molecule has 1 aliphatic rings. The van der Waals surface area contributed by atoms with Crippen LogP contribution in [0.25, 0.3) is 0 Å². The van der Waals surface area contributed by atoms with Gasteiger partial charge < -0.3 is 10.2 Å². The van der Waals surface area contributed by atoms with Crippen LogP contribution in [0.15, 0.2) is 18.2 Å². The van der Waals surface area contributed by atoms with E-state index in [0.29, 0.717) is 13.0 Å². The summed E-state index contributed by atoms with van der Waals surface area (Å²) in [6.07, 6.45) is 1.49. The number of aryl methyl sites for hydroxylation is 1. The number of nitrogens with zero attached hydrogens (tertiary/aromatic N) is 1. The summed E-state index contributed by atoms with van der Waals surface area (Å²) in [4.78, 5) is 13.5. The molecule has 0 spiro atoms. The lowest BCUT2D eigenvalue weighted by molar-refractivity contribution is -0.121. The first-order chi connectivity index (χ1) is 8.16. The summed E-state index contributed by atoms with van der Waals surface area (Å²) in [6, 6.07) is 5.95. The van der Waals surface area contributed by atoms with Crippen molar-refractivity contribution in [3.05, 3.63) is 28.8 Å². The molecule has 0 saturated carbocycles. The lowest BCUT2D eigenvalue weighted by Gasteiger charge is -2.28. The van der Waals surface area contributed by atoms with Crippen molar-refractivity contribution in [2.75, 3.05) is 24.5 Å². The van der Waals surface area contributed by atoms with Crippen LogP contribution in [0.1, 0.15) is 18.4 Å². The van der Waals surface area contributed by atoms with E-state index in [2.05, 4.69) is 17.1 Å². The highest BCUT2D eigenvalue weighted by atomic mass is 35.5. The van der Waals surface area contributed by atoms with Gasteiger partial charge >= 0.3 is 0 Å². The predicted octanol–water partition coefficient (Wildman–Crippen LogP) is 2.36. The van der Waals surface area contributed by atoms with Crippen molar-refractivity contribution >= 4 is 23.2 Å². The van der Waals surface area contributed by atoms with Gasteiger partial charge in [-0.05, 0) is 31.0 Å². The standard InChI is InChI=1S/C13H17ClN2O/c1-10-4-5-11(14)9-12(10)16-7-2-3-13(17)15-6-8-16/h4-5,9H,2-3,6-8H2,1H3,(H,15,17). The fourth-order valence-electron chi connectivity index (χ4n) is 2.13. The SMILES string of the molecule is Cc1ccc(Cl)cc1N1CCCC(=O)NCC1. The Hall–Kier alpha value is -1.22. The Balaban J connectivity index is 2.15. The molecule has 1 heterocycles. The second-order valence-corrected chi connectivity index (χ2v) is 4.81. The van der Waals surface area contributed by atoms with Crippen LogP contribution < -0.4 is 10.2 Å². The highest BCUT2D eigenvalue weighted by Crippen LogP contribution is 2.24. The summed E-state index contributed by atoms with van der Waals surface area (Å²) < 4.78 is 0. The first kappa shape index (κ1) is 12.2. The largest absolute Gasteiger partial charge is 0.369 e. The number of carbonyl (C=O) groups excluding carboxylic acids is 1. The highest BCUT2D eigenvalue weighted by Gasteiger charge is 2.13. The molecule has 3 nitrogen and oxygen atoms in total. The molecule has 1 aromatic rings. The number of carbonyl (C=O) groups is 1. The molecule has 1 saturated heterocycles. The van der Waals surface area contributed by atoms with E-state index in [-0.39, 0.29) is 5.91 Å². The van der Waals surface area contributed by atoms with Crippen LogP contribution in [-0.2, 0) is 4.79 Å². The van der Waals surface area contributed by atoms with Gasteiger partial charge in [-0.1, -0.05) is 17.7 Å². The molecule has 1 fully saturated rings. The summed E-state index contributed by atoms with van der Waals surface area (Å²) in [7, 11) is 0. The van der Waals surface area contributed by atoms with E-state index in [4.69, 9.17) is 11.6 Å². The van der Waals surface area contributed by atoms with Crippen molar-refractivity contribution in [3.63, 3.8) is 0 Å².